The van der Waals surface area contributed by atoms with Gasteiger partial charge in [0, 0.05) is 24.3 Å². The van der Waals surface area contributed by atoms with Crippen LogP contribution in [0.1, 0.15) is 32.1 Å². The zero-order valence-corrected chi connectivity index (χ0v) is 12.1. The summed E-state index contributed by atoms with van der Waals surface area (Å²) in [6.07, 6.45) is 8.70. The number of aromatic nitrogens is 1. The number of amides is 1. The molecule has 0 aliphatic heterocycles. The van der Waals surface area contributed by atoms with Crippen LogP contribution in [-0.2, 0) is 4.79 Å². The van der Waals surface area contributed by atoms with Crippen molar-refractivity contribution in [2.45, 2.75) is 32.1 Å². The van der Waals surface area contributed by atoms with Crippen LogP contribution in [0.5, 0.6) is 0 Å². The van der Waals surface area contributed by atoms with Gasteiger partial charge < -0.3 is 11.1 Å². The lowest BCUT2D eigenvalue weighted by Gasteiger charge is -2.34. The molecule has 4 heteroatoms. The van der Waals surface area contributed by atoms with E-state index in [2.05, 4.69) is 10.3 Å². The van der Waals surface area contributed by atoms with Gasteiger partial charge in [-0.25, -0.2) is 0 Å². The molecule has 0 saturated heterocycles. The quantitative estimate of drug-likeness (QED) is 0.909. The monoisotopic (exact) mass is 283 g/mol. The van der Waals surface area contributed by atoms with Crippen LogP contribution in [0.25, 0.3) is 10.8 Å². The van der Waals surface area contributed by atoms with E-state index in [-0.39, 0.29) is 5.91 Å². The minimum Gasteiger partial charge on any atom is -0.329 e. The summed E-state index contributed by atoms with van der Waals surface area (Å²) >= 11 is 0. The van der Waals surface area contributed by atoms with E-state index in [1.807, 2.05) is 24.3 Å². The van der Waals surface area contributed by atoms with Gasteiger partial charge in [-0.05, 0) is 30.4 Å². The number of hydrogen-bond donors (Lipinski definition) is 2. The Bertz CT molecular complexity index is 642. The van der Waals surface area contributed by atoms with Crippen molar-refractivity contribution in [3.63, 3.8) is 0 Å². The predicted molar refractivity (Wildman–Crippen MR) is 84.9 cm³/mol. The maximum atomic E-state index is 12.8. The van der Waals surface area contributed by atoms with Gasteiger partial charge in [-0.2, -0.15) is 0 Å². The van der Waals surface area contributed by atoms with Gasteiger partial charge in [0.25, 0.3) is 0 Å². The van der Waals surface area contributed by atoms with Crippen molar-refractivity contribution in [3.05, 3.63) is 36.7 Å². The van der Waals surface area contributed by atoms with Crippen molar-refractivity contribution < 1.29 is 4.79 Å². The van der Waals surface area contributed by atoms with Crippen molar-refractivity contribution in [2.24, 2.45) is 11.1 Å². The summed E-state index contributed by atoms with van der Waals surface area (Å²) in [5.74, 6) is 0.0565. The van der Waals surface area contributed by atoms with Crippen LogP contribution in [0.15, 0.2) is 36.7 Å². The van der Waals surface area contributed by atoms with Crippen LogP contribution in [0.2, 0.25) is 0 Å². The molecule has 1 aromatic heterocycles. The highest BCUT2D eigenvalue weighted by Crippen LogP contribution is 2.37. The van der Waals surface area contributed by atoms with Crippen molar-refractivity contribution in [1.82, 2.24) is 4.98 Å². The van der Waals surface area contributed by atoms with E-state index in [0.717, 1.165) is 42.1 Å². The zero-order valence-electron chi connectivity index (χ0n) is 12.1. The van der Waals surface area contributed by atoms with Crippen LogP contribution in [0.3, 0.4) is 0 Å². The number of carbonyl (C=O) groups is 1. The predicted octanol–water partition coefficient (Wildman–Crippen LogP) is 3.08. The standard InChI is InChI=1S/C17H21N3O/c18-12-17(8-2-1-3-9-17)16(21)20-15-6-4-5-13-7-10-19-11-14(13)15/h4-7,10-11H,1-3,8-9,12,18H2,(H,20,21). The number of anilines is 1. The summed E-state index contributed by atoms with van der Waals surface area (Å²) in [5.41, 5.74) is 6.36. The average Bonchev–Trinajstić information content (AvgIpc) is 2.56. The molecule has 0 atom stereocenters. The number of nitrogens with one attached hydrogen (secondary N) is 1. The fourth-order valence-electron chi connectivity index (χ4n) is 3.23. The lowest BCUT2D eigenvalue weighted by Crippen LogP contribution is -2.43. The largest absolute Gasteiger partial charge is 0.329 e. The van der Waals surface area contributed by atoms with Crippen molar-refractivity contribution in [2.75, 3.05) is 11.9 Å². The van der Waals surface area contributed by atoms with Crippen molar-refractivity contribution in [3.8, 4) is 0 Å². The van der Waals surface area contributed by atoms with Gasteiger partial charge in [0.15, 0.2) is 0 Å². The average molecular weight is 283 g/mol. The van der Waals surface area contributed by atoms with Gasteiger partial charge in [0.2, 0.25) is 5.91 Å². The Labute approximate surface area is 124 Å². The van der Waals surface area contributed by atoms with E-state index in [1.165, 1.54) is 6.42 Å². The molecule has 1 saturated carbocycles. The highest BCUT2D eigenvalue weighted by atomic mass is 16.2. The van der Waals surface area contributed by atoms with Crippen LogP contribution in [0, 0.1) is 5.41 Å². The van der Waals surface area contributed by atoms with Crippen LogP contribution in [0.4, 0.5) is 5.69 Å². The summed E-state index contributed by atoms with van der Waals surface area (Å²) in [6.45, 7) is 0.419. The molecule has 0 radical (unpaired) electrons. The smallest absolute Gasteiger partial charge is 0.231 e. The Balaban J connectivity index is 1.89. The number of hydrogen-bond acceptors (Lipinski definition) is 3. The van der Waals surface area contributed by atoms with Crippen LogP contribution in [-0.4, -0.2) is 17.4 Å². The van der Waals surface area contributed by atoms with E-state index in [0.29, 0.717) is 6.54 Å². The third-order valence-electron chi connectivity index (χ3n) is 4.61. The summed E-state index contributed by atoms with van der Waals surface area (Å²) in [6, 6.07) is 7.85. The second kappa shape index (κ2) is 5.82. The van der Waals surface area contributed by atoms with E-state index in [9.17, 15) is 4.79 Å². The van der Waals surface area contributed by atoms with Crippen LogP contribution < -0.4 is 11.1 Å². The number of carbonyl (C=O) groups excluding carboxylic acids is 1. The first-order chi connectivity index (χ1) is 10.2. The molecule has 1 amide bonds. The van der Waals surface area contributed by atoms with Gasteiger partial charge in [0.05, 0.1) is 11.1 Å². The van der Waals surface area contributed by atoms with Crippen LogP contribution >= 0.6 is 0 Å². The van der Waals surface area contributed by atoms with E-state index < -0.39 is 5.41 Å². The number of rotatable bonds is 3. The molecule has 2 aromatic rings. The lowest BCUT2D eigenvalue weighted by atomic mass is 9.73. The lowest BCUT2D eigenvalue weighted by molar-refractivity contribution is -0.126. The Morgan fingerprint density at radius 2 is 2.05 bits per heavy atom. The molecule has 1 aliphatic carbocycles. The fourth-order valence-corrected chi connectivity index (χ4v) is 3.23. The molecular weight excluding hydrogens is 262 g/mol. The highest BCUT2D eigenvalue weighted by molar-refractivity contribution is 6.03. The summed E-state index contributed by atoms with van der Waals surface area (Å²) in [5, 5.41) is 5.13. The highest BCUT2D eigenvalue weighted by Gasteiger charge is 2.38. The molecule has 1 aromatic carbocycles. The van der Waals surface area contributed by atoms with Gasteiger partial charge in [-0.1, -0.05) is 31.4 Å². The molecule has 1 aliphatic rings. The first kappa shape index (κ1) is 14.0. The minimum absolute atomic E-state index is 0.0565. The molecule has 3 N–H and O–H groups in total. The van der Waals surface area contributed by atoms with E-state index >= 15 is 0 Å². The fraction of sp³-hybridized carbons (Fsp3) is 0.412. The summed E-state index contributed by atoms with van der Waals surface area (Å²) in [7, 11) is 0. The first-order valence-electron chi connectivity index (χ1n) is 7.59. The zero-order chi connectivity index (χ0) is 14.7. The van der Waals surface area contributed by atoms with Gasteiger partial charge in [-0.3, -0.25) is 9.78 Å². The molecular formula is C17H21N3O. The molecule has 0 bridgehead atoms. The third-order valence-corrected chi connectivity index (χ3v) is 4.61. The first-order valence-corrected chi connectivity index (χ1v) is 7.59. The SMILES string of the molecule is NCC1(C(=O)Nc2cccc3ccncc23)CCCCC1. The maximum Gasteiger partial charge on any atom is 0.231 e. The second-order valence-corrected chi connectivity index (χ2v) is 5.90. The van der Waals surface area contributed by atoms with Gasteiger partial charge in [-0.15, -0.1) is 0 Å². The topological polar surface area (TPSA) is 68.0 Å². The second-order valence-electron chi connectivity index (χ2n) is 5.90. The van der Waals surface area contributed by atoms with E-state index in [4.69, 9.17) is 5.73 Å². The number of nitrogens with zero attached hydrogens (tertiary/aromatic N) is 1. The number of nitrogens with two attached hydrogens (primary N) is 1. The molecule has 21 heavy (non-hydrogen) atoms. The number of pyridine rings is 1. The van der Waals surface area contributed by atoms with Gasteiger partial charge >= 0.3 is 0 Å². The maximum absolute atomic E-state index is 12.8. The summed E-state index contributed by atoms with van der Waals surface area (Å²) in [4.78, 5) is 16.9. The normalized spacial score (nSPS) is 17.6. The Hall–Kier alpha value is -1.94. The molecule has 4 nitrogen and oxygen atoms in total. The Kier molecular flexibility index (Phi) is 3.88. The Morgan fingerprint density at radius 1 is 1.24 bits per heavy atom. The summed E-state index contributed by atoms with van der Waals surface area (Å²) < 4.78 is 0. The molecule has 0 spiro atoms. The van der Waals surface area contributed by atoms with E-state index in [1.54, 1.807) is 12.4 Å². The minimum atomic E-state index is -0.400. The number of benzene rings is 1. The molecule has 0 unspecified atom stereocenters. The Morgan fingerprint density at radius 3 is 2.81 bits per heavy atom. The molecule has 1 fully saturated rings. The number of fused-ring (bicyclic) bond motifs is 1. The molecule has 3 rings (SSSR count). The third kappa shape index (κ3) is 2.63. The van der Waals surface area contributed by atoms with Gasteiger partial charge in [0.1, 0.15) is 0 Å². The van der Waals surface area contributed by atoms with Crippen molar-refractivity contribution >= 4 is 22.4 Å². The van der Waals surface area contributed by atoms with Crippen molar-refractivity contribution in [1.29, 1.82) is 0 Å². The molecule has 1 heterocycles. The molecule has 110 valence electrons.